The molecule has 0 unspecified atom stereocenters. The highest BCUT2D eigenvalue weighted by Gasteiger charge is 2.42. The molecule has 4 rings (SSSR count). The fourth-order valence-corrected chi connectivity index (χ4v) is 4.54. The normalized spacial score (nSPS) is 20.7. The Morgan fingerprint density at radius 2 is 1.83 bits per heavy atom. The van der Waals surface area contributed by atoms with Crippen LogP contribution in [0.15, 0.2) is 48.5 Å². The predicted molar refractivity (Wildman–Crippen MR) is 108 cm³/mol. The standard InChI is InChI=1S/C23H25FN2O3/c1-29-20-7-3-2-6-19(20)26-15-16(14-21(26)27)22(28)25-23(12-4-5-13-23)17-8-10-18(24)11-9-17/h2-3,6-11,16H,4-5,12-15H2,1H3,(H,25,28)/t16-/m1/s1. The van der Waals surface area contributed by atoms with E-state index in [1.165, 1.54) is 12.1 Å². The van der Waals surface area contributed by atoms with Gasteiger partial charge in [-0.25, -0.2) is 4.39 Å². The van der Waals surface area contributed by atoms with Gasteiger partial charge in [0, 0.05) is 13.0 Å². The molecule has 5 nitrogen and oxygen atoms in total. The first kappa shape index (κ1) is 19.4. The van der Waals surface area contributed by atoms with Gasteiger partial charge in [-0.15, -0.1) is 0 Å². The lowest BCUT2D eigenvalue weighted by Gasteiger charge is -2.32. The van der Waals surface area contributed by atoms with Crippen LogP contribution < -0.4 is 15.0 Å². The largest absolute Gasteiger partial charge is 0.495 e. The van der Waals surface area contributed by atoms with E-state index < -0.39 is 11.5 Å². The van der Waals surface area contributed by atoms with Gasteiger partial charge in [-0.05, 0) is 42.7 Å². The number of methoxy groups -OCH3 is 1. The molecule has 1 N–H and O–H groups in total. The first-order valence-corrected chi connectivity index (χ1v) is 10.0. The first-order chi connectivity index (χ1) is 14.0. The van der Waals surface area contributed by atoms with Crippen molar-refractivity contribution in [1.29, 1.82) is 0 Å². The van der Waals surface area contributed by atoms with Gasteiger partial charge in [0.2, 0.25) is 11.8 Å². The second-order valence-corrected chi connectivity index (χ2v) is 7.86. The molecule has 2 amide bonds. The van der Waals surface area contributed by atoms with Gasteiger partial charge >= 0.3 is 0 Å². The minimum atomic E-state index is -0.480. The highest BCUT2D eigenvalue weighted by atomic mass is 19.1. The van der Waals surface area contributed by atoms with Gasteiger partial charge in [-0.3, -0.25) is 9.59 Å². The molecule has 1 saturated heterocycles. The smallest absolute Gasteiger partial charge is 0.227 e. The minimum absolute atomic E-state index is 0.0862. The highest BCUT2D eigenvalue weighted by Crippen LogP contribution is 2.40. The fraction of sp³-hybridized carbons (Fsp3) is 0.391. The van der Waals surface area contributed by atoms with E-state index in [-0.39, 0.29) is 24.1 Å². The van der Waals surface area contributed by atoms with Gasteiger partial charge < -0.3 is 15.0 Å². The summed E-state index contributed by atoms with van der Waals surface area (Å²) in [5.74, 6) is -0.313. The molecule has 0 spiro atoms. The monoisotopic (exact) mass is 396 g/mol. The number of halogens is 1. The topological polar surface area (TPSA) is 58.6 Å². The quantitative estimate of drug-likeness (QED) is 0.837. The van der Waals surface area contributed by atoms with Crippen molar-refractivity contribution >= 4 is 17.5 Å². The summed E-state index contributed by atoms with van der Waals surface area (Å²) < 4.78 is 18.7. The summed E-state index contributed by atoms with van der Waals surface area (Å²) in [6.45, 7) is 0.324. The van der Waals surface area contributed by atoms with Crippen LogP contribution >= 0.6 is 0 Å². The van der Waals surface area contributed by atoms with E-state index in [1.54, 1.807) is 30.2 Å². The van der Waals surface area contributed by atoms with Gasteiger partial charge in [-0.1, -0.05) is 37.1 Å². The molecular formula is C23H25FN2O3. The van der Waals surface area contributed by atoms with Gasteiger partial charge in [0.15, 0.2) is 0 Å². The molecule has 2 aliphatic rings. The van der Waals surface area contributed by atoms with Crippen LogP contribution in [-0.4, -0.2) is 25.5 Å². The van der Waals surface area contributed by atoms with Gasteiger partial charge in [0.25, 0.3) is 0 Å². The zero-order chi connectivity index (χ0) is 20.4. The van der Waals surface area contributed by atoms with Crippen molar-refractivity contribution in [3.05, 3.63) is 59.9 Å². The van der Waals surface area contributed by atoms with E-state index in [9.17, 15) is 14.0 Å². The summed E-state index contributed by atoms with van der Waals surface area (Å²) in [5.41, 5.74) is 1.13. The summed E-state index contributed by atoms with van der Waals surface area (Å²) in [5, 5.41) is 3.22. The molecule has 1 atom stereocenters. The van der Waals surface area contributed by atoms with Crippen LogP contribution in [0.5, 0.6) is 5.75 Å². The number of hydrogen-bond donors (Lipinski definition) is 1. The van der Waals surface area contributed by atoms with Crippen LogP contribution in [0.3, 0.4) is 0 Å². The number of carbonyl (C=O) groups is 2. The average Bonchev–Trinajstić information content (AvgIpc) is 3.36. The van der Waals surface area contributed by atoms with Crippen molar-refractivity contribution in [2.75, 3.05) is 18.6 Å². The van der Waals surface area contributed by atoms with Crippen LogP contribution in [0.25, 0.3) is 0 Å². The number of ether oxygens (including phenoxy) is 1. The van der Waals surface area contributed by atoms with Crippen LogP contribution in [0.2, 0.25) is 0 Å². The van der Waals surface area contributed by atoms with Crippen LogP contribution in [0, 0.1) is 11.7 Å². The maximum atomic E-state index is 13.4. The molecule has 0 bridgehead atoms. The third kappa shape index (κ3) is 3.71. The third-order valence-electron chi connectivity index (χ3n) is 6.09. The molecule has 0 radical (unpaired) electrons. The van der Waals surface area contributed by atoms with E-state index in [2.05, 4.69) is 5.32 Å². The Labute approximate surface area is 169 Å². The molecule has 2 fully saturated rings. The van der Waals surface area contributed by atoms with Crippen molar-refractivity contribution in [1.82, 2.24) is 5.32 Å². The number of hydrogen-bond acceptors (Lipinski definition) is 3. The van der Waals surface area contributed by atoms with E-state index in [0.717, 1.165) is 31.2 Å². The Bertz CT molecular complexity index is 907. The Hall–Kier alpha value is -2.89. The summed E-state index contributed by atoms with van der Waals surface area (Å²) in [6.07, 6.45) is 3.83. The lowest BCUT2D eigenvalue weighted by molar-refractivity contribution is -0.128. The van der Waals surface area contributed by atoms with Gasteiger partial charge in [-0.2, -0.15) is 0 Å². The molecule has 152 valence electrons. The number of para-hydroxylation sites is 2. The second kappa shape index (κ2) is 7.85. The maximum Gasteiger partial charge on any atom is 0.227 e. The average molecular weight is 396 g/mol. The summed E-state index contributed by atoms with van der Waals surface area (Å²) >= 11 is 0. The van der Waals surface area contributed by atoms with E-state index in [0.29, 0.717) is 18.0 Å². The van der Waals surface area contributed by atoms with Crippen LogP contribution in [0.1, 0.15) is 37.7 Å². The Balaban J connectivity index is 1.52. The number of carbonyl (C=O) groups excluding carboxylic acids is 2. The lowest BCUT2D eigenvalue weighted by atomic mass is 9.87. The molecule has 1 aliphatic heterocycles. The minimum Gasteiger partial charge on any atom is -0.495 e. The summed E-state index contributed by atoms with van der Waals surface area (Å²) in [4.78, 5) is 27.4. The van der Waals surface area contributed by atoms with Crippen LogP contribution in [0.4, 0.5) is 10.1 Å². The lowest BCUT2D eigenvalue weighted by Crippen LogP contribution is -2.46. The Kier molecular flexibility index (Phi) is 5.26. The Morgan fingerprint density at radius 3 is 2.52 bits per heavy atom. The van der Waals surface area contributed by atoms with Crippen molar-refractivity contribution in [3.8, 4) is 5.75 Å². The summed E-state index contributed by atoms with van der Waals surface area (Å²) in [6, 6.07) is 13.7. The number of amides is 2. The van der Waals surface area contributed by atoms with Gasteiger partial charge in [0.1, 0.15) is 11.6 Å². The number of nitrogens with one attached hydrogen (secondary N) is 1. The molecule has 29 heavy (non-hydrogen) atoms. The van der Waals surface area contributed by atoms with Crippen molar-refractivity contribution in [2.24, 2.45) is 5.92 Å². The van der Waals surface area contributed by atoms with E-state index in [1.807, 2.05) is 18.2 Å². The zero-order valence-corrected chi connectivity index (χ0v) is 16.5. The van der Waals surface area contributed by atoms with Gasteiger partial charge in [0.05, 0.1) is 24.3 Å². The molecule has 2 aromatic carbocycles. The molecule has 0 aromatic heterocycles. The highest BCUT2D eigenvalue weighted by molar-refractivity contribution is 6.01. The van der Waals surface area contributed by atoms with E-state index in [4.69, 9.17) is 4.74 Å². The molecule has 6 heteroatoms. The predicted octanol–water partition coefficient (Wildman–Crippen LogP) is 3.77. The van der Waals surface area contributed by atoms with E-state index >= 15 is 0 Å². The summed E-state index contributed by atoms with van der Waals surface area (Å²) in [7, 11) is 1.57. The van der Waals surface area contributed by atoms with Crippen molar-refractivity contribution in [2.45, 2.75) is 37.6 Å². The molecule has 2 aromatic rings. The number of anilines is 1. The molecule has 1 saturated carbocycles. The second-order valence-electron chi connectivity index (χ2n) is 7.86. The number of nitrogens with zero attached hydrogens (tertiary/aromatic N) is 1. The number of benzene rings is 2. The maximum absolute atomic E-state index is 13.4. The fourth-order valence-electron chi connectivity index (χ4n) is 4.54. The first-order valence-electron chi connectivity index (χ1n) is 10.0. The number of rotatable bonds is 5. The Morgan fingerprint density at radius 1 is 1.14 bits per heavy atom. The molecular weight excluding hydrogens is 371 g/mol. The van der Waals surface area contributed by atoms with Crippen molar-refractivity contribution < 1.29 is 18.7 Å². The SMILES string of the molecule is COc1ccccc1N1C[C@H](C(=O)NC2(c3ccc(F)cc3)CCCC2)CC1=O. The van der Waals surface area contributed by atoms with Crippen LogP contribution in [-0.2, 0) is 15.1 Å². The molecule has 1 aliphatic carbocycles. The third-order valence-corrected chi connectivity index (χ3v) is 6.09. The molecule has 1 heterocycles. The zero-order valence-electron chi connectivity index (χ0n) is 16.5. The van der Waals surface area contributed by atoms with Crippen molar-refractivity contribution in [3.63, 3.8) is 0 Å².